The molecule has 0 radical (unpaired) electrons. The number of ether oxygens (including phenoxy) is 1. The van der Waals surface area contributed by atoms with Crippen LogP contribution in [-0.2, 0) is 0 Å². The molecule has 0 amide bonds. The van der Waals surface area contributed by atoms with Crippen molar-refractivity contribution >= 4 is 12.6 Å². The van der Waals surface area contributed by atoms with E-state index in [4.69, 9.17) is 4.74 Å². The second-order valence-corrected chi connectivity index (χ2v) is 3.97. The summed E-state index contributed by atoms with van der Waals surface area (Å²) in [6.07, 6.45) is 3.26. The van der Waals surface area contributed by atoms with Gasteiger partial charge in [-0.1, -0.05) is 37.5 Å². The Morgan fingerprint density at radius 1 is 1.25 bits per heavy atom. The molecule has 0 aromatic heterocycles. The largest absolute Gasteiger partial charge is 0.494 e. The Bertz CT molecular complexity index is 326. The Kier molecular flexibility index (Phi) is 5.36. The molecule has 0 atom stereocenters. The second-order valence-electron chi connectivity index (χ2n) is 3.97. The lowest BCUT2D eigenvalue weighted by Crippen LogP contribution is -2.31. The molecule has 16 heavy (non-hydrogen) atoms. The number of benzene rings is 1. The molecular formula is C12H19BO3. The van der Waals surface area contributed by atoms with Gasteiger partial charge in [-0.15, -0.1) is 0 Å². The SMILES string of the molecule is CCCCCOc1ccc(C)cc1B(O)O. The Labute approximate surface area is 97.2 Å². The van der Waals surface area contributed by atoms with Crippen LogP contribution in [-0.4, -0.2) is 23.8 Å². The van der Waals surface area contributed by atoms with E-state index < -0.39 is 7.12 Å². The van der Waals surface area contributed by atoms with Crippen LogP contribution < -0.4 is 10.2 Å². The molecule has 2 N–H and O–H groups in total. The third-order valence-corrected chi connectivity index (χ3v) is 2.45. The Morgan fingerprint density at radius 2 is 2.00 bits per heavy atom. The van der Waals surface area contributed by atoms with Gasteiger partial charge in [0.05, 0.1) is 6.61 Å². The molecule has 0 heterocycles. The fourth-order valence-corrected chi connectivity index (χ4v) is 1.54. The van der Waals surface area contributed by atoms with E-state index in [1.807, 2.05) is 13.0 Å². The normalized spacial score (nSPS) is 10.2. The molecule has 0 aliphatic rings. The average Bonchev–Trinajstić information content (AvgIpc) is 2.26. The molecule has 1 aromatic carbocycles. The summed E-state index contributed by atoms with van der Waals surface area (Å²) >= 11 is 0. The van der Waals surface area contributed by atoms with E-state index >= 15 is 0 Å². The lowest BCUT2D eigenvalue weighted by Gasteiger charge is -2.11. The summed E-state index contributed by atoms with van der Waals surface area (Å²) in [6, 6.07) is 5.43. The van der Waals surface area contributed by atoms with E-state index in [2.05, 4.69) is 6.92 Å². The van der Waals surface area contributed by atoms with Gasteiger partial charge in [-0.2, -0.15) is 0 Å². The van der Waals surface area contributed by atoms with Gasteiger partial charge in [-0.3, -0.25) is 0 Å². The van der Waals surface area contributed by atoms with Crippen LogP contribution in [0.1, 0.15) is 31.7 Å². The van der Waals surface area contributed by atoms with Gasteiger partial charge in [0.2, 0.25) is 0 Å². The van der Waals surface area contributed by atoms with Crippen molar-refractivity contribution in [3.8, 4) is 5.75 Å². The van der Waals surface area contributed by atoms with Crippen LogP contribution in [0.5, 0.6) is 5.75 Å². The molecule has 1 aromatic rings. The fourth-order valence-electron chi connectivity index (χ4n) is 1.54. The second kappa shape index (κ2) is 6.56. The third-order valence-electron chi connectivity index (χ3n) is 2.45. The first kappa shape index (κ1) is 13.1. The molecule has 0 unspecified atom stereocenters. The van der Waals surface area contributed by atoms with Gasteiger partial charge in [0.15, 0.2) is 0 Å². The summed E-state index contributed by atoms with van der Waals surface area (Å²) in [7, 11) is -1.47. The lowest BCUT2D eigenvalue weighted by atomic mass is 9.79. The van der Waals surface area contributed by atoms with Crippen LogP contribution in [0.25, 0.3) is 0 Å². The highest BCUT2D eigenvalue weighted by Crippen LogP contribution is 2.10. The summed E-state index contributed by atoms with van der Waals surface area (Å²) in [5.41, 5.74) is 1.43. The maximum atomic E-state index is 9.21. The summed E-state index contributed by atoms with van der Waals surface area (Å²) in [5.74, 6) is 0.566. The van der Waals surface area contributed by atoms with Gasteiger partial charge in [0.1, 0.15) is 5.75 Å². The lowest BCUT2D eigenvalue weighted by molar-refractivity contribution is 0.306. The number of aryl methyl sites for hydroxylation is 1. The zero-order chi connectivity index (χ0) is 12.0. The summed E-state index contributed by atoms with van der Waals surface area (Å²) in [6.45, 7) is 4.66. The molecule has 0 aliphatic heterocycles. The first-order valence-electron chi connectivity index (χ1n) is 5.74. The van der Waals surface area contributed by atoms with E-state index in [1.54, 1.807) is 12.1 Å². The van der Waals surface area contributed by atoms with Gasteiger partial charge in [-0.05, 0) is 19.4 Å². The maximum absolute atomic E-state index is 9.21. The van der Waals surface area contributed by atoms with Crippen molar-refractivity contribution < 1.29 is 14.8 Å². The van der Waals surface area contributed by atoms with Crippen molar-refractivity contribution in [1.29, 1.82) is 0 Å². The minimum absolute atomic E-state index is 0.441. The minimum Gasteiger partial charge on any atom is -0.494 e. The molecule has 88 valence electrons. The number of unbranched alkanes of at least 4 members (excludes halogenated alkanes) is 2. The number of hydrogen-bond donors (Lipinski definition) is 2. The fraction of sp³-hybridized carbons (Fsp3) is 0.500. The van der Waals surface area contributed by atoms with E-state index in [0.29, 0.717) is 17.8 Å². The molecule has 0 fully saturated rings. The van der Waals surface area contributed by atoms with Crippen molar-refractivity contribution in [1.82, 2.24) is 0 Å². The highest BCUT2D eigenvalue weighted by Gasteiger charge is 2.16. The molecule has 1 rings (SSSR count). The van der Waals surface area contributed by atoms with E-state index in [0.717, 1.165) is 24.8 Å². The quantitative estimate of drug-likeness (QED) is 0.562. The molecule has 0 saturated heterocycles. The smallest absolute Gasteiger partial charge is 0.492 e. The summed E-state index contributed by atoms with van der Waals surface area (Å²) in [5, 5.41) is 18.4. The molecule has 0 bridgehead atoms. The topological polar surface area (TPSA) is 49.7 Å². The predicted octanol–water partition coefficient (Wildman–Crippen LogP) is 1.24. The van der Waals surface area contributed by atoms with Crippen molar-refractivity contribution in [3.05, 3.63) is 23.8 Å². The van der Waals surface area contributed by atoms with Crippen molar-refractivity contribution in [3.63, 3.8) is 0 Å². The Hall–Kier alpha value is -0.995. The van der Waals surface area contributed by atoms with Crippen LogP contribution in [0.3, 0.4) is 0 Å². The van der Waals surface area contributed by atoms with Crippen molar-refractivity contribution in [2.24, 2.45) is 0 Å². The first-order chi connectivity index (χ1) is 7.65. The zero-order valence-electron chi connectivity index (χ0n) is 9.94. The summed E-state index contributed by atoms with van der Waals surface area (Å²) in [4.78, 5) is 0. The van der Waals surface area contributed by atoms with Crippen LogP contribution in [0.4, 0.5) is 0 Å². The molecular weight excluding hydrogens is 203 g/mol. The highest BCUT2D eigenvalue weighted by atomic mass is 16.5. The molecule has 0 aliphatic carbocycles. The van der Waals surface area contributed by atoms with E-state index in [1.165, 1.54) is 0 Å². The van der Waals surface area contributed by atoms with Crippen LogP contribution >= 0.6 is 0 Å². The molecule has 4 heteroatoms. The number of hydrogen-bond acceptors (Lipinski definition) is 3. The molecule has 0 spiro atoms. The monoisotopic (exact) mass is 222 g/mol. The van der Waals surface area contributed by atoms with Gasteiger partial charge in [0, 0.05) is 5.46 Å². The van der Waals surface area contributed by atoms with Gasteiger partial charge < -0.3 is 14.8 Å². The predicted molar refractivity (Wildman–Crippen MR) is 66.0 cm³/mol. The maximum Gasteiger partial charge on any atom is 0.492 e. The summed E-state index contributed by atoms with van der Waals surface area (Å²) < 4.78 is 5.54. The van der Waals surface area contributed by atoms with E-state index in [9.17, 15) is 10.0 Å². The average molecular weight is 222 g/mol. The van der Waals surface area contributed by atoms with Crippen LogP contribution in [0.2, 0.25) is 0 Å². The van der Waals surface area contributed by atoms with E-state index in [-0.39, 0.29) is 0 Å². The van der Waals surface area contributed by atoms with Crippen molar-refractivity contribution in [2.45, 2.75) is 33.1 Å². The van der Waals surface area contributed by atoms with Gasteiger partial charge in [0.25, 0.3) is 0 Å². The van der Waals surface area contributed by atoms with Crippen LogP contribution in [0, 0.1) is 6.92 Å². The van der Waals surface area contributed by atoms with Gasteiger partial charge >= 0.3 is 7.12 Å². The van der Waals surface area contributed by atoms with Crippen molar-refractivity contribution in [2.75, 3.05) is 6.61 Å². The Morgan fingerprint density at radius 3 is 2.62 bits per heavy atom. The third kappa shape index (κ3) is 3.87. The standard InChI is InChI=1S/C12H19BO3/c1-3-4-5-8-16-12-7-6-10(2)9-11(12)13(14)15/h6-7,9,14-15H,3-5,8H2,1-2H3. The zero-order valence-corrected chi connectivity index (χ0v) is 9.94. The molecule has 0 saturated carbocycles. The highest BCUT2D eigenvalue weighted by molar-refractivity contribution is 6.59. The Balaban J connectivity index is 2.64. The molecule has 3 nitrogen and oxygen atoms in total. The van der Waals surface area contributed by atoms with Gasteiger partial charge in [-0.25, -0.2) is 0 Å². The van der Waals surface area contributed by atoms with Crippen LogP contribution in [0.15, 0.2) is 18.2 Å². The number of rotatable bonds is 6. The minimum atomic E-state index is -1.47. The first-order valence-corrected chi connectivity index (χ1v) is 5.74.